The Labute approximate surface area is 182 Å². The Bertz CT molecular complexity index is 1170. The van der Waals surface area contributed by atoms with Gasteiger partial charge in [0.15, 0.2) is 11.6 Å². The number of aryl methyl sites for hydroxylation is 4. The maximum Gasteiger partial charge on any atom is 0.259 e. The molecule has 0 aliphatic heterocycles. The van der Waals surface area contributed by atoms with Crippen LogP contribution < -0.4 is 10.9 Å². The van der Waals surface area contributed by atoms with Gasteiger partial charge in [-0.1, -0.05) is 6.07 Å². The van der Waals surface area contributed by atoms with Gasteiger partial charge in [-0.15, -0.1) is 11.3 Å². The van der Waals surface area contributed by atoms with Crippen LogP contribution >= 0.6 is 11.3 Å². The third-order valence-electron chi connectivity index (χ3n) is 5.72. The number of hydrogen-bond acceptors (Lipinski definition) is 4. The molecule has 5 nitrogen and oxygen atoms in total. The van der Waals surface area contributed by atoms with Crippen LogP contribution in [0.1, 0.15) is 54.4 Å². The lowest BCUT2D eigenvalue weighted by molar-refractivity contribution is -0.121. The molecule has 1 aromatic carbocycles. The molecule has 3 aromatic rings. The smallest absolute Gasteiger partial charge is 0.259 e. The minimum atomic E-state index is -0.863. The Hall–Kier alpha value is -2.61. The van der Waals surface area contributed by atoms with Crippen molar-refractivity contribution >= 4 is 27.5 Å². The highest BCUT2D eigenvalue weighted by Crippen LogP contribution is 2.33. The molecule has 1 aliphatic carbocycles. The maximum atomic E-state index is 13.3. The van der Waals surface area contributed by atoms with Crippen LogP contribution in [-0.4, -0.2) is 21.9 Å². The second-order valence-electron chi connectivity index (χ2n) is 8.16. The summed E-state index contributed by atoms with van der Waals surface area (Å²) < 4.78 is 26.3. The maximum absolute atomic E-state index is 13.3. The molecule has 2 heterocycles. The van der Waals surface area contributed by atoms with Crippen LogP contribution in [0.15, 0.2) is 23.0 Å². The highest BCUT2D eigenvalue weighted by atomic mass is 32.1. The molecular weight excluding hydrogens is 420 g/mol. The van der Waals surface area contributed by atoms with Crippen molar-refractivity contribution in [1.82, 2.24) is 15.3 Å². The highest BCUT2D eigenvalue weighted by molar-refractivity contribution is 7.18. The molecule has 4 rings (SSSR count). The average molecular weight is 446 g/mol. The predicted octanol–water partition coefficient (Wildman–Crippen LogP) is 4.21. The minimum Gasteiger partial charge on any atom is -0.354 e. The van der Waals surface area contributed by atoms with E-state index < -0.39 is 11.6 Å². The standard InChI is InChI=1S/C23H25F2N3O2S/c1-13(6-7-14-8-9-16(24)17(25)12-14)26-20(29)11-10-19-27-22(30)21-15-4-2-3-5-18(15)31-23(21)28-19/h8-9,12-13H,2-7,10-11H2,1H3,(H,26,29)(H,27,28,30). The monoisotopic (exact) mass is 445 g/mol. The first-order valence-electron chi connectivity index (χ1n) is 10.7. The molecule has 1 amide bonds. The van der Waals surface area contributed by atoms with E-state index in [0.717, 1.165) is 47.5 Å². The fourth-order valence-electron chi connectivity index (χ4n) is 4.06. The van der Waals surface area contributed by atoms with Gasteiger partial charge in [0, 0.05) is 23.8 Å². The van der Waals surface area contributed by atoms with Crippen molar-refractivity contribution in [3.63, 3.8) is 0 Å². The SMILES string of the molecule is CC(CCc1ccc(F)c(F)c1)NC(=O)CCc1nc2sc3c(c2c(=O)[nH]1)CCCC3. The molecule has 1 aliphatic rings. The first-order chi connectivity index (χ1) is 14.9. The van der Waals surface area contributed by atoms with Gasteiger partial charge in [-0.3, -0.25) is 9.59 Å². The van der Waals surface area contributed by atoms with Crippen LogP contribution in [0.25, 0.3) is 10.2 Å². The number of nitrogens with zero attached hydrogens (tertiary/aromatic N) is 1. The number of halogens is 2. The van der Waals surface area contributed by atoms with E-state index in [1.54, 1.807) is 17.4 Å². The summed E-state index contributed by atoms with van der Waals surface area (Å²) in [6.07, 6.45) is 5.92. The highest BCUT2D eigenvalue weighted by Gasteiger charge is 2.20. The van der Waals surface area contributed by atoms with E-state index in [9.17, 15) is 18.4 Å². The lowest BCUT2D eigenvalue weighted by Gasteiger charge is -2.14. The fraction of sp³-hybridized carbons (Fsp3) is 0.435. The van der Waals surface area contributed by atoms with Crippen molar-refractivity contribution in [3.8, 4) is 0 Å². The molecule has 0 saturated carbocycles. The van der Waals surface area contributed by atoms with Gasteiger partial charge in [0.2, 0.25) is 5.91 Å². The molecular formula is C23H25F2N3O2S. The van der Waals surface area contributed by atoms with Gasteiger partial charge in [0.05, 0.1) is 5.39 Å². The Kier molecular flexibility index (Phi) is 6.46. The lowest BCUT2D eigenvalue weighted by atomic mass is 9.97. The topological polar surface area (TPSA) is 74.8 Å². The number of thiophene rings is 1. The number of carbonyl (C=O) groups excluding carboxylic acids is 1. The normalized spacial score (nSPS) is 14.4. The number of amides is 1. The summed E-state index contributed by atoms with van der Waals surface area (Å²) in [5.41, 5.74) is 1.73. The summed E-state index contributed by atoms with van der Waals surface area (Å²) in [7, 11) is 0. The van der Waals surface area contributed by atoms with E-state index in [1.165, 1.54) is 10.9 Å². The summed E-state index contributed by atoms with van der Waals surface area (Å²) in [5, 5.41) is 3.64. The van der Waals surface area contributed by atoms with Gasteiger partial charge in [-0.25, -0.2) is 13.8 Å². The van der Waals surface area contributed by atoms with Gasteiger partial charge in [0.1, 0.15) is 10.7 Å². The van der Waals surface area contributed by atoms with Crippen LogP contribution in [0.4, 0.5) is 8.78 Å². The number of fused-ring (bicyclic) bond motifs is 3. The van der Waals surface area contributed by atoms with Crippen molar-refractivity contribution < 1.29 is 13.6 Å². The summed E-state index contributed by atoms with van der Waals surface area (Å²) in [6, 6.07) is 3.74. The number of nitrogens with one attached hydrogen (secondary N) is 2. The number of H-pyrrole nitrogens is 1. The van der Waals surface area contributed by atoms with Crippen LogP contribution in [0.3, 0.4) is 0 Å². The van der Waals surface area contributed by atoms with Gasteiger partial charge in [0.25, 0.3) is 5.56 Å². The zero-order chi connectivity index (χ0) is 22.0. The first kappa shape index (κ1) is 21.6. The number of rotatable bonds is 7. The summed E-state index contributed by atoms with van der Waals surface area (Å²) >= 11 is 1.60. The molecule has 0 saturated heterocycles. The zero-order valence-electron chi connectivity index (χ0n) is 17.4. The van der Waals surface area contributed by atoms with Gasteiger partial charge >= 0.3 is 0 Å². The average Bonchev–Trinajstić information content (AvgIpc) is 3.12. The van der Waals surface area contributed by atoms with E-state index in [0.29, 0.717) is 30.7 Å². The third kappa shape index (κ3) is 5.01. The number of aromatic nitrogens is 2. The number of carbonyl (C=O) groups is 1. The van der Waals surface area contributed by atoms with Crippen molar-refractivity contribution in [2.75, 3.05) is 0 Å². The van der Waals surface area contributed by atoms with Crippen molar-refractivity contribution in [1.29, 1.82) is 0 Å². The molecule has 1 atom stereocenters. The largest absolute Gasteiger partial charge is 0.354 e. The number of hydrogen-bond donors (Lipinski definition) is 2. The molecule has 8 heteroatoms. The summed E-state index contributed by atoms with van der Waals surface area (Å²) in [6.45, 7) is 1.88. The molecule has 0 radical (unpaired) electrons. The molecule has 31 heavy (non-hydrogen) atoms. The van der Waals surface area contributed by atoms with Crippen molar-refractivity contribution in [2.24, 2.45) is 0 Å². The Balaban J connectivity index is 1.31. The Morgan fingerprint density at radius 3 is 2.84 bits per heavy atom. The van der Waals surface area contributed by atoms with Crippen LogP contribution in [-0.2, 0) is 30.5 Å². The molecule has 164 valence electrons. The Morgan fingerprint density at radius 2 is 2.03 bits per heavy atom. The van der Waals surface area contributed by atoms with Gasteiger partial charge in [-0.2, -0.15) is 0 Å². The van der Waals surface area contributed by atoms with E-state index in [2.05, 4.69) is 15.3 Å². The van der Waals surface area contributed by atoms with Crippen LogP contribution in [0.5, 0.6) is 0 Å². The molecule has 1 unspecified atom stereocenters. The van der Waals surface area contributed by atoms with Gasteiger partial charge < -0.3 is 10.3 Å². The molecule has 2 aromatic heterocycles. The third-order valence-corrected chi connectivity index (χ3v) is 6.91. The second-order valence-corrected chi connectivity index (χ2v) is 9.24. The van der Waals surface area contributed by atoms with E-state index >= 15 is 0 Å². The molecule has 0 bridgehead atoms. The fourth-order valence-corrected chi connectivity index (χ4v) is 5.34. The number of aromatic amines is 1. The second kappa shape index (κ2) is 9.26. The minimum absolute atomic E-state index is 0.111. The first-order valence-corrected chi connectivity index (χ1v) is 11.5. The number of benzene rings is 1. The van der Waals surface area contributed by atoms with Crippen molar-refractivity contribution in [3.05, 3.63) is 62.0 Å². The predicted molar refractivity (Wildman–Crippen MR) is 117 cm³/mol. The van der Waals surface area contributed by atoms with Crippen LogP contribution in [0, 0.1) is 11.6 Å². The molecule has 0 fully saturated rings. The van der Waals surface area contributed by atoms with E-state index in [1.807, 2.05) is 6.92 Å². The van der Waals surface area contributed by atoms with E-state index in [4.69, 9.17) is 0 Å². The van der Waals surface area contributed by atoms with Gasteiger partial charge in [-0.05, 0) is 68.7 Å². The summed E-state index contributed by atoms with van der Waals surface area (Å²) in [4.78, 5) is 34.4. The molecule has 0 spiro atoms. The lowest BCUT2D eigenvalue weighted by Crippen LogP contribution is -2.33. The Morgan fingerprint density at radius 1 is 1.23 bits per heavy atom. The van der Waals surface area contributed by atoms with Crippen LogP contribution in [0.2, 0.25) is 0 Å². The molecule has 2 N–H and O–H groups in total. The summed E-state index contributed by atoms with van der Waals surface area (Å²) in [5.74, 6) is -1.33. The van der Waals surface area contributed by atoms with Crippen molar-refractivity contribution in [2.45, 2.75) is 64.3 Å². The van der Waals surface area contributed by atoms with E-state index in [-0.39, 0.29) is 23.9 Å². The zero-order valence-corrected chi connectivity index (χ0v) is 18.2. The quantitative estimate of drug-likeness (QED) is 0.572.